The van der Waals surface area contributed by atoms with Gasteiger partial charge in [-0.3, -0.25) is 0 Å². The number of hydrogen-bond acceptors (Lipinski definition) is 0. The van der Waals surface area contributed by atoms with Crippen LogP contribution >= 0.6 is 0 Å². The molecule has 4 aliphatic rings. The van der Waals surface area contributed by atoms with Crippen molar-refractivity contribution < 1.29 is 49.0 Å². The second-order valence-electron chi connectivity index (χ2n) is 15.1. The number of fused-ring (bicyclic) bond motifs is 7. The Bertz CT molecular complexity index is 1610. The zero-order valence-corrected chi connectivity index (χ0v) is 33.7. The molecule has 4 aromatic rings. The molecule has 5 atom stereocenters. The quantitative estimate of drug-likeness (QED) is 0.236. The molecular weight excluding hydrogens is 703 g/mol. The summed E-state index contributed by atoms with van der Waals surface area (Å²) in [5.74, 6) is 6.00. The fourth-order valence-corrected chi connectivity index (χ4v) is 9.86. The van der Waals surface area contributed by atoms with Crippen molar-refractivity contribution >= 4 is 3.21 Å². The monoisotopic (exact) mass is 752 g/mol. The largest absolute Gasteiger partial charge is 1.00 e. The minimum Gasteiger partial charge on any atom is -1.00 e. The van der Waals surface area contributed by atoms with Crippen LogP contribution in [0.2, 0.25) is 0 Å². The summed E-state index contributed by atoms with van der Waals surface area (Å²) in [7, 11) is 0. The molecule has 0 amide bonds. The van der Waals surface area contributed by atoms with Gasteiger partial charge >= 0.3 is 112 Å². The topological polar surface area (TPSA) is 0 Å². The Morgan fingerprint density at radius 3 is 1.94 bits per heavy atom. The molecule has 252 valence electrons. The van der Waals surface area contributed by atoms with Crippen molar-refractivity contribution in [2.24, 2.45) is 29.1 Å². The predicted octanol–water partition coefficient (Wildman–Crippen LogP) is 5.55. The first kappa shape index (κ1) is 38.8. The van der Waals surface area contributed by atoms with Gasteiger partial charge in [0.2, 0.25) is 0 Å². The maximum absolute atomic E-state index is 2.51. The molecule has 0 aromatic heterocycles. The smallest absolute Gasteiger partial charge is 0.172 e. The van der Waals surface area contributed by atoms with Gasteiger partial charge in [-0.1, -0.05) is 99.1 Å². The second-order valence-corrected chi connectivity index (χ2v) is 16.3. The Morgan fingerprint density at radius 1 is 0.792 bits per heavy atom. The van der Waals surface area contributed by atoms with E-state index >= 15 is 0 Å². The molecule has 0 aliphatic heterocycles. The molecule has 0 heterocycles. The Balaban J connectivity index is 0.000000195. The Labute approximate surface area is 318 Å². The van der Waals surface area contributed by atoms with E-state index in [1.807, 2.05) is 41.5 Å². The number of rotatable bonds is 2. The van der Waals surface area contributed by atoms with Crippen LogP contribution in [0.5, 0.6) is 0 Å². The van der Waals surface area contributed by atoms with Gasteiger partial charge in [0.1, 0.15) is 0 Å². The zero-order valence-electron chi connectivity index (χ0n) is 29.7. The molecule has 48 heavy (non-hydrogen) atoms. The van der Waals surface area contributed by atoms with Crippen LogP contribution in [0.15, 0.2) is 114 Å². The second kappa shape index (κ2) is 16.8. The van der Waals surface area contributed by atoms with Crippen LogP contribution in [-0.4, -0.2) is 3.21 Å². The molecule has 0 radical (unpaired) electrons. The average molecular weight is 755 g/mol. The first-order valence-corrected chi connectivity index (χ1v) is 18.9. The number of halogens is 2. The zero-order chi connectivity index (χ0) is 32.4. The predicted molar refractivity (Wildman–Crippen MR) is 193 cm³/mol. The van der Waals surface area contributed by atoms with Crippen molar-refractivity contribution in [3.63, 3.8) is 0 Å². The standard InChI is InChI=1S/C25H33.C15H14.C5H5.2ClH.Zr/c1-15-13-21-19-11-7-8-12-20(19)24-18-10-6-5-9-17(18)14-22(24)23(21)16(2)25(15,3)4;1-12-5-3-7-14(9-12)11-15-8-4-6-13(2)10-15;1-2-4-5-3-1;;;/h5-6,9-10,15,19-21,24H,7-8,11-14H2,1-4H3;3-10H,1-2H3;1-5H;2*1H;/q-1;;-1;;;+2/p-2. The molecule has 0 nitrogen and oxygen atoms in total. The van der Waals surface area contributed by atoms with Gasteiger partial charge in [0.15, 0.2) is 0 Å². The number of aryl methyl sites for hydroxylation is 2. The van der Waals surface area contributed by atoms with Crippen molar-refractivity contribution in [2.75, 3.05) is 0 Å². The number of allylic oxidation sites excluding steroid dienone is 2. The van der Waals surface area contributed by atoms with E-state index in [1.54, 1.807) is 17.0 Å². The number of hydrogen-bond donors (Lipinski definition) is 0. The van der Waals surface area contributed by atoms with Gasteiger partial charge in [0, 0.05) is 0 Å². The molecule has 0 spiro atoms. The third kappa shape index (κ3) is 7.96. The van der Waals surface area contributed by atoms with Gasteiger partial charge in [-0.15, -0.1) is 6.92 Å². The average Bonchev–Trinajstić information content (AvgIpc) is 3.76. The van der Waals surface area contributed by atoms with E-state index in [0.29, 0.717) is 5.41 Å². The van der Waals surface area contributed by atoms with Crippen LogP contribution in [0.25, 0.3) is 0 Å². The molecule has 3 heteroatoms. The third-order valence-electron chi connectivity index (χ3n) is 12.1. The first-order chi connectivity index (χ1) is 22.2. The Hall–Kier alpha value is -2.05. The Kier molecular flexibility index (Phi) is 13.5. The van der Waals surface area contributed by atoms with Crippen LogP contribution in [-0.2, 0) is 30.7 Å². The summed E-state index contributed by atoms with van der Waals surface area (Å²) in [6.07, 6.45) is 8.52. The van der Waals surface area contributed by atoms with E-state index in [9.17, 15) is 0 Å². The molecule has 0 saturated heterocycles. The minimum atomic E-state index is 0. The van der Waals surface area contributed by atoms with Crippen molar-refractivity contribution in [1.82, 2.24) is 0 Å². The van der Waals surface area contributed by atoms with Gasteiger partial charge in [-0.05, 0) is 30.6 Å². The van der Waals surface area contributed by atoms with Crippen molar-refractivity contribution in [1.29, 1.82) is 0 Å². The fraction of sp³-hybridized carbons (Fsp3) is 0.400. The molecule has 5 unspecified atom stereocenters. The molecule has 4 aromatic carbocycles. The number of benzene rings is 3. The van der Waals surface area contributed by atoms with Gasteiger partial charge in [-0.2, -0.15) is 18.2 Å². The normalized spacial score (nSPS) is 24.4. The maximum atomic E-state index is 2.51. The van der Waals surface area contributed by atoms with Crippen molar-refractivity contribution in [2.45, 2.75) is 86.0 Å². The fourth-order valence-electron chi connectivity index (χ4n) is 9.10. The molecule has 0 N–H and O–H groups in total. The van der Waals surface area contributed by atoms with Gasteiger partial charge in [0.05, 0.1) is 0 Å². The summed E-state index contributed by atoms with van der Waals surface area (Å²) in [4.78, 5) is 0. The van der Waals surface area contributed by atoms with Crippen molar-refractivity contribution in [3.8, 4) is 0 Å². The van der Waals surface area contributed by atoms with E-state index in [-0.39, 0.29) is 24.8 Å². The summed E-state index contributed by atoms with van der Waals surface area (Å²) >= 11 is 1.47. The van der Waals surface area contributed by atoms with Crippen molar-refractivity contribution in [3.05, 3.63) is 154 Å². The van der Waals surface area contributed by atoms with Crippen LogP contribution in [0.3, 0.4) is 0 Å². The SMILES string of the molecule is C[C-]1C2=C3Cc4ccccc4C3C3CCCCC3C2CC(C)C1(C)C.Cc1cccc([C](=[Zr+2])c2cccc(C)c2)c1.[Cl-].[Cl-].c1cc[cH-]c1. The molecular formula is C45H52Cl2Zr-2. The third-order valence-corrected chi connectivity index (χ3v) is 13.5. The van der Waals surface area contributed by atoms with Gasteiger partial charge in [-0.25, -0.2) is 29.2 Å². The summed E-state index contributed by atoms with van der Waals surface area (Å²) in [5, 5.41) is 0. The molecule has 2 saturated carbocycles. The van der Waals surface area contributed by atoms with Crippen LogP contribution < -0.4 is 24.8 Å². The minimum absolute atomic E-state index is 0. The van der Waals surface area contributed by atoms with E-state index in [1.165, 1.54) is 88.2 Å². The van der Waals surface area contributed by atoms with Crippen LogP contribution in [0, 0.1) is 48.9 Å². The summed E-state index contributed by atoms with van der Waals surface area (Å²) in [6, 6.07) is 36.8. The Morgan fingerprint density at radius 2 is 1.38 bits per heavy atom. The van der Waals surface area contributed by atoms with Crippen LogP contribution in [0.4, 0.5) is 0 Å². The first-order valence-electron chi connectivity index (χ1n) is 17.7. The van der Waals surface area contributed by atoms with Gasteiger partial charge < -0.3 is 24.8 Å². The van der Waals surface area contributed by atoms with E-state index < -0.39 is 0 Å². The molecule has 4 aliphatic carbocycles. The summed E-state index contributed by atoms with van der Waals surface area (Å²) < 4.78 is 1.43. The maximum Gasteiger partial charge on any atom is -0.172 e. The van der Waals surface area contributed by atoms with E-state index in [2.05, 4.69) is 114 Å². The van der Waals surface area contributed by atoms with Crippen LogP contribution in [0.1, 0.15) is 99.1 Å². The molecule has 2 fully saturated rings. The summed E-state index contributed by atoms with van der Waals surface area (Å²) in [6.45, 7) is 14.3. The van der Waals surface area contributed by atoms with E-state index in [0.717, 1.165) is 29.6 Å². The van der Waals surface area contributed by atoms with E-state index in [4.69, 9.17) is 0 Å². The van der Waals surface area contributed by atoms with Gasteiger partial charge in [0.25, 0.3) is 0 Å². The molecule has 8 rings (SSSR count). The molecule has 0 bridgehead atoms. The summed E-state index contributed by atoms with van der Waals surface area (Å²) in [5.41, 5.74) is 12.7.